The molecular formula is C23H22N6O7. The monoisotopic (exact) mass is 494 g/mol. The molecule has 0 saturated carbocycles. The summed E-state index contributed by atoms with van der Waals surface area (Å²) in [5.74, 6) is -0.560. The number of nitro groups is 1. The number of non-ortho nitro benzene ring substituents is 1. The number of anilines is 2. The highest BCUT2D eigenvalue weighted by Gasteiger charge is 2.14. The van der Waals surface area contributed by atoms with Crippen molar-refractivity contribution in [1.82, 2.24) is 14.3 Å². The normalized spacial score (nSPS) is 10.8. The highest BCUT2D eigenvalue weighted by Crippen LogP contribution is 2.20. The van der Waals surface area contributed by atoms with Crippen molar-refractivity contribution in [3.05, 3.63) is 75.5 Å². The van der Waals surface area contributed by atoms with Crippen LogP contribution in [0.25, 0.3) is 11.1 Å². The van der Waals surface area contributed by atoms with Gasteiger partial charge in [-0.15, -0.1) is 0 Å². The summed E-state index contributed by atoms with van der Waals surface area (Å²) in [7, 11) is 1.56. The lowest BCUT2D eigenvalue weighted by Gasteiger charge is -2.06. The van der Waals surface area contributed by atoms with Crippen LogP contribution >= 0.6 is 0 Å². The van der Waals surface area contributed by atoms with Crippen LogP contribution in [0.4, 0.5) is 17.1 Å². The van der Waals surface area contributed by atoms with Crippen LogP contribution in [0.15, 0.2) is 64.1 Å². The third-order valence-corrected chi connectivity index (χ3v) is 5.24. The third-order valence-electron chi connectivity index (χ3n) is 5.24. The summed E-state index contributed by atoms with van der Waals surface area (Å²) in [5.41, 5.74) is 1.39. The van der Waals surface area contributed by atoms with Gasteiger partial charge in [-0.3, -0.25) is 29.0 Å². The fourth-order valence-corrected chi connectivity index (χ4v) is 3.54. The highest BCUT2D eigenvalue weighted by atomic mass is 16.6. The summed E-state index contributed by atoms with van der Waals surface area (Å²) in [5, 5.41) is 20.4. The Morgan fingerprint density at radius 1 is 1.11 bits per heavy atom. The van der Waals surface area contributed by atoms with E-state index in [0.717, 1.165) is 0 Å². The number of nitro benzene ring substituents is 1. The summed E-state index contributed by atoms with van der Waals surface area (Å²) in [6.07, 6.45) is 3.40. The van der Waals surface area contributed by atoms with Gasteiger partial charge in [-0.2, -0.15) is 5.10 Å². The molecule has 0 fully saturated rings. The van der Waals surface area contributed by atoms with E-state index in [0.29, 0.717) is 29.1 Å². The third kappa shape index (κ3) is 5.75. The van der Waals surface area contributed by atoms with Crippen molar-refractivity contribution >= 4 is 40.0 Å². The molecule has 2 N–H and O–H groups in total. The van der Waals surface area contributed by atoms with Crippen LogP contribution in [-0.2, 0) is 22.7 Å². The van der Waals surface area contributed by atoms with E-state index in [4.69, 9.17) is 9.15 Å². The lowest BCUT2D eigenvalue weighted by atomic mass is 10.2. The number of rotatable bonds is 10. The van der Waals surface area contributed by atoms with Crippen LogP contribution in [0.3, 0.4) is 0 Å². The fourth-order valence-electron chi connectivity index (χ4n) is 3.54. The smallest absolute Gasteiger partial charge is 0.419 e. The molecule has 0 aliphatic carbocycles. The zero-order valence-corrected chi connectivity index (χ0v) is 19.2. The first kappa shape index (κ1) is 24.2. The number of benzene rings is 2. The molecule has 2 amide bonds. The van der Waals surface area contributed by atoms with Gasteiger partial charge < -0.3 is 19.8 Å². The van der Waals surface area contributed by atoms with Crippen LogP contribution in [-0.4, -0.2) is 38.2 Å². The topological polar surface area (TPSA) is 164 Å². The number of methoxy groups -OCH3 is 1. The highest BCUT2D eigenvalue weighted by molar-refractivity contribution is 5.91. The predicted octanol–water partition coefficient (Wildman–Crippen LogP) is 2.77. The lowest BCUT2D eigenvalue weighted by Crippen LogP contribution is -2.19. The second kappa shape index (κ2) is 10.5. The molecule has 2 aromatic heterocycles. The standard InChI is InChI=1S/C23H22N6O7/c1-35-18-7-4-15(5-8-18)25-22(31)14-27-13-16(12-24-27)26-21(30)3-2-10-28-19-9-6-17(29(33)34)11-20(19)36-23(28)32/h4-9,11-13H,2-3,10,14H2,1H3,(H,25,31)(H,26,30). The van der Waals surface area contributed by atoms with E-state index in [9.17, 15) is 24.5 Å². The number of nitrogens with one attached hydrogen (secondary N) is 2. The Hall–Kier alpha value is -4.94. The summed E-state index contributed by atoms with van der Waals surface area (Å²) >= 11 is 0. The SMILES string of the molecule is COc1ccc(NC(=O)Cn2cc(NC(=O)CCCn3c(=O)oc4cc([N+](=O)[O-])ccc43)cn2)cc1. The van der Waals surface area contributed by atoms with E-state index in [1.165, 1.54) is 39.8 Å². The van der Waals surface area contributed by atoms with Crippen molar-refractivity contribution in [2.24, 2.45) is 0 Å². The molecule has 0 bridgehead atoms. The molecule has 36 heavy (non-hydrogen) atoms. The number of aryl methyl sites for hydroxylation is 1. The number of aromatic nitrogens is 3. The number of hydrogen-bond acceptors (Lipinski definition) is 8. The average molecular weight is 494 g/mol. The first-order chi connectivity index (χ1) is 17.3. The number of carbonyl (C=O) groups is 2. The summed E-state index contributed by atoms with van der Waals surface area (Å²) in [6.45, 7) is 0.151. The van der Waals surface area contributed by atoms with Crippen LogP contribution in [0, 0.1) is 10.1 Å². The van der Waals surface area contributed by atoms with E-state index in [2.05, 4.69) is 15.7 Å². The molecule has 0 spiro atoms. The van der Waals surface area contributed by atoms with Gasteiger partial charge in [-0.25, -0.2) is 4.79 Å². The van der Waals surface area contributed by atoms with E-state index < -0.39 is 10.7 Å². The average Bonchev–Trinajstić information content (AvgIpc) is 3.41. The molecule has 4 rings (SSSR count). The van der Waals surface area contributed by atoms with Gasteiger partial charge in [-0.05, 0) is 36.8 Å². The second-order valence-electron chi connectivity index (χ2n) is 7.78. The molecule has 0 unspecified atom stereocenters. The van der Waals surface area contributed by atoms with Crippen molar-refractivity contribution < 1.29 is 23.7 Å². The van der Waals surface area contributed by atoms with Crippen molar-refractivity contribution in [1.29, 1.82) is 0 Å². The molecule has 13 heteroatoms. The zero-order valence-electron chi connectivity index (χ0n) is 19.2. The Balaban J connectivity index is 1.26. The fraction of sp³-hybridized carbons (Fsp3) is 0.217. The Kier molecular flexibility index (Phi) is 7.09. The van der Waals surface area contributed by atoms with Gasteiger partial charge in [0.25, 0.3) is 5.69 Å². The van der Waals surface area contributed by atoms with E-state index in [1.807, 2.05) is 0 Å². The minimum absolute atomic E-state index is 0.0451. The van der Waals surface area contributed by atoms with Crippen molar-refractivity contribution in [2.75, 3.05) is 17.7 Å². The minimum atomic E-state index is -0.653. The van der Waals surface area contributed by atoms with Gasteiger partial charge in [0.1, 0.15) is 12.3 Å². The van der Waals surface area contributed by atoms with Crippen LogP contribution in [0.5, 0.6) is 5.75 Å². The molecular weight excluding hydrogens is 472 g/mol. The van der Waals surface area contributed by atoms with E-state index in [1.54, 1.807) is 31.4 Å². The van der Waals surface area contributed by atoms with Crippen molar-refractivity contribution in [3.8, 4) is 5.75 Å². The van der Waals surface area contributed by atoms with Crippen LogP contribution < -0.4 is 21.1 Å². The van der Waals surface area contributed by atoms with Gasteiger partial charge in [0.15, 0.2) is 5.58 Å². The zero-order chi connectivity index (χ0) is 25.7. The van der Waals surface area contributed by atoms with Crippen molar-refractivity contribution in [3.63, 3.8) is 0 Å². The minimum Gasteiger partial charge on any atom is -0.497 e. The Labute approximate surface area is 203 Å². The number of amides is 2. The molecule has 0 radical (unpaired) electrons. The molecule has 2 heterocycles. The van der Waals surface area contributed by atoms with Gasteiger partial charge in [0, 0.05) is 30.9 Å². The lowest BCUT2D eigenvalue weighted by molar-refractivity contribution is -0.384. The van der Waals surface area contributed by atoms with Gasteiger partial charge >= 0.3 is 5.76 Å². The maximum absolute atomic E-state index is 12.3. The number of hydrogen-bond donors (Lipinski definition) is 2. The number of ether oxygens (including phenoxy) is 1. The molecule has 2 aromatic carbocycles. The van der Waals surface area contributed by atoms with E-state index in [-0.39, 0.29) is 42.6 Å². The van der Waals surface area contributed by atoms with Gasteiger partial charge in [-0.1, -0.05) is 0 Å². The Morgan fingerprint density at radius 2 is 1.86 bits per heavy atom. The molecule has 0 aliphatic heterocycles. The van der Waals surface area contributed by atoms with Gasteiger partial charge in [0.05, 0.1) is 35.5 Å². The number of fused-ring (bicyclic) bond motifs is 1. The van der Waals surface area contributed by atoms with Gasteiger partial charge in [0.2, 0.25) is 11.8 Å². The number of nitrogens with zero attached hydrogens (tertiary/aromatic N) is 4. The molecule has 13 nitrogen and oxygen atoms in total. The molecule has 186 valence electrons. The quantitative estimate of drug-likeness (QED) is 0.251. The first-order valence-electron chi connectivity index (χ1n) is 10.9. The first-order valence-corrected chi connectivity index (χ1v) is 10.9. The van der Waals surface area contributed by atoms with E-state index >= 15 is 0 Å². The molecule has 4 aromatic rings. The summed E-state index contributed by atoms with van der Waals surface area (Å²) in [6, 6.07) is 10.8. The van der Waals surface area contributed by atoms with Crippen molar-refractivity contribution in [2.45, 2.75) is 25.9 Å². The van der Waals surface area contributed by atoms with Crippen LogP contribution in [0.2, 0.25) is 0 Å². The number of carbonyl (C=O) groups excluding carboxylic acids is 2. The molecule has 0 saturated heterocycles. The maximum atomic E-state index is 12.3. The Morgan fingerprint density at radius 3 is 2.58 bits per heavy atom. The Bertz CT molecular complexity index is 1470. The van der Waals surface area contributed by atoms with Crippen LogP contribution in [0.1, 0.15) is 12.8 Å². The summed E-state index contributed by atoms with van der Waals surface area (Å²) < 4.78 is 12.9. The summed E-state index contributed by atoms with van der Waals surface area (Å²) in [4.78, 5) is 47.0. The molecule has 0 aliphatic rings. The predicted molar refractivity (Wildman–Crippen MR) is 129 cm³/mol. The molecule has 0 atom stereocenters. The maximum Gasteiger partial charge on any atom is 0.419 e. The number of oxazole rings is 1. The largest absolute Gasteiger partial charge is 0.497 e. The second-order valence-corrected chi connectivity index (χ2v) is 7.78.